The van der Waals surface area contributed by atoms with Crippen molar-refractivity contribution in [1.29, 1.82) is 0 Å². The molecule has 0 bridgehead atoms. The predicted molar refractivity (Wildman–Crippen MR) is 78.6 cm³/mol. The Balaban J connectivity index is 1.96. The summed E-state index contributed by atoms with van der Waals surface area (Å²) in [5, 5.41) is 9.29. The van der Waals surface area contributed by atoms with Crippen LogP contribution in [0.1, 0.15) is 16.8 Å². The Morgan fingerprint density at radius 2 is 2.00 bits per heavy atom. The molecule has 4 nitrogen and oxygen atoms in total. The van der Waals surface area contributed by atoms with Crippen molar-refractivity contribution < 1.29 is 9.90 Å². The van der Waals surface area contributed by atoms with Crippen LogP contribution in [0.4, 0.5) is 5.13 Å². The molecule has 1 aromatic carbocycles. The van der Waals surface area contributed by atoms with Crippen molar-refractivity contribution in [1.82, 2.24) is 4.98 Å². The van der Waals surface area contributed by atoms with Crippen LogP contribution in [0.3, 0.4) is 0 Å². The molecule has 0 saturated carbocycles. The normalized spacial score (nSPS) is 10.6. The number of thiazole rings is 1. The zero-order valence-corrected chi connectivity index (χ0v) is 12.1. The van der Waals surface area contributed by atoms with Crippen LogP contribution in [-0.2, 0) is 17.0 Å². The number of carboxylic acids is 1. The third-order valence-electron chi connectivity index (χ3n) is 2.52. The van der Waals surface area contributed by atoms with E-state index in [9.17, 15) is 4.79 Å². The Morgan fingerprint density at radius 3 is 2.53 bits per heavy atom. The van der Waals surface area contributed by atoms with Crippen molar-refractivity contribution in [3.05, 3.63) is 41.1 Å². The summed E-state index contributed by atoms with van der Waals surface area (Å²) in [6.45, 7) is 1.95. The fraction of sp³-hybridized carbons (Fsp3) is 0.231. The summed E-state index contributed by atoms with van der Waals surface area (Å²) in [5.41, 5.74) is 8.60. The molecule has 0 spiro atoms. The van der Waals surface area contributed by atoms with E-state index in [0.717, 1.165) is 26.8 Å². The molecule has 1 aromatic heterocycles. The van der Waals surface area contributed by atoms with E-state index in [-0.39, 0.29) is 6.42 Å². The minimum absolute atomic E-state index is 0.0674. The van der Waals surface area contributed by atoms with Crippen LogP contribution in [0.25, 0.3) is 0 Å². The van der Waals surface area contributed by atoms with Crippen LogP contribution < -0.4 is 5.73 Å². The first-order chi connectivity index (χ1) is 9.04. The summed E-state index contributed by atoms with van der Waals surface area (Å²) in [6, 6.07) is 7.64. The lowest BCUT2D eigenvalue weighted by atomic mass is 10.1. The highest BCUT2D eigenvalue weighted by molar-refractivity contribution is 8.00. The molecule has 0 saturated heterocycles. The lowest BCUT2D eigenvalue weighted by Crippen LogP contribution is -1.99. The van der Waals surface area contributed by atoms with Crippen LogP contribution >= 0.6 is 23.1 Å². The Labute approximate surface area is 119 Å². The second-order valence-electron chi connectivity index (χ2n) is 4.10. The van der Waals surface area contributed by atoms with Gasteiger partial charge in [0.25, 0.3) is 0 Å². The second-order valence-corrected chi connectivity index (χ2v) is 6.38. The topological polar surface area (TPSA) is 76.2 Å². The van der Waals surface area contributed by atoms with Crippen molar-refractivity contribution in [2.75, 3.05) is 5.73 Å². The van der Waals surface area contributed by atoms with Crippen LogP contribution in [0, 0.1) is 6.92 Å². The average molecular weight is 294 g/mol. The molecule has 6 heteroatoms. The average Bonchev–Trinajstić information content (AvgIpc) is 2.66. The lowest BCUT2D eigenvalue weighted by Gasteiger charge is -2.02. The second kappa shape index (κ2) is 6.08. The summed E-state index contributed by atoms with van der Waals surface area (Å²) in [7, 11) is 0. The largest absolute Gasteiger partial charge is 0.481 e. The van der Waals surface area contributed by atoms with Gasteiger partial charge in [-0.25, -0.2) is 4.98 Å². The number of aryl methyl sites for hydroxylation is 1. The molecule has 2 rings (SSSR count). The van der Waals surface area contributed by atoms with E-state index >= 15 is 0 Å². The summed E-state index contributed by atoms with van der Waals surface area (Å²) in [4.78, 5) is 14.8. The number of aliphatic carboxylic acids is 1. The van der Waals surface area contributed by atoms with Gasteiger partial charge in [-0.3, -0.25) is 4.79 Å². The van der Waals surface area contributed by atoms with Gasteiger partial charge in [0.2, 0.25) is 0 Å². The van der Waals surface area contributed by atoms with Gasteiger partial charge in [0.15, 0.2) is 5.13 Å². The van der Waals surface area contributed by atoms with E-state index in [1.54, 1.807) is 11.8 Å². The number of carboxylic acid groups (broad SMARTS) is 1. The van der Waals surface area contributed by atoms with Crippen molar-refractivity contribution >= 4 is 34.2 Å². The van der Waals surface area contributed by atoms with Crippen molar-refractivity contribution in [3.8, 4) is 0 Å². The molecule has 0 unspecified atom stereocenters. The van der Waals surface area contributed by atoms with Gasteiger partial charge >= 0.3 is 5.97 Å². The first kappa shape index (κ1) is 13.9. The molecule has 0 atom stereocenters. The molecule has 0 radical (unpaired) electrons. The third kappa shape index (κ3) is 3.97. The number of hydrogen-bond donors (Lipinski definition) is 2. The molecule has 100 valence electrons. The number of benzene rings is 1. The molecular weight excluding hydrogens is 280 g/mol. The number of rotatable bonds is 5. The van der Waals surface area contributed by atoms with Crippen molar-refractivity contribution in [2.45, 2.75) is 23.3 Å². The summed E-state index contributed by atoms with van der Waals surface area (Å²) in [5.74, 6) is 0.0217. The maximum Gasteiger partial charge on any atom is 0.307 e. The van der Waals surface area contributed by atoms with Crippen molar-refractivity contribution in [2.24, 2.45) is 0 Å². The Bertz CT molecular complexity index is 579. The minimum Gasteiger partial charge on any atom is -0.481 e. The standard InChI is InChI=1S/C13H14N2O2S2/c1-8-12(19-13(14)15-8)18-7-10-4-2-9(3-5-10)6-11(16)17/h2-5H,6-7H2,1H3,(H2,14,15)(H,16,17). The van der Waals surface area contributed by atoms with Crippen LogP contribution in [0.15, 0.2) is 28.5 Å². The molecule has 19 heavy (non-hydrogen) atoms. The van der Waals surface area contributed by atoms with Gasteiger partial charge in [-0.15, -0.1) is 11.8 Å². The number of nitrogens with two attached hydrogens (primary N) is 1. The van der Waals surface area contributed by atoms with Crippen molar-refractivity contribution in [3.63, 3.8) is 0 Å². The SMILES string of the molecule is Cc1nc(N)sc1SCc1ccc(CC(=O)O)cc1. The minimum atomic E-state index is -0.808. The van der Waals surface area contributed by atoms with Gasteiger partial charge < -0.3 is 10.8 Å². The van der Waals surface area contributed by atoms with Crippen LogP contribution in [0.2, 0.25) is 0 Å². The highest BCUT2D eigenvalue weighted by Crippen LogP contribution is 2.32. The van der Waals surface area contributed by atoms with E-state index in [0.29, 0.717) is 5.13 Å². The van der Waals surface area contributed by atoms with Gasteiger partial charge in [0.05, 0.1) is 16.3 Å². The predicted octanol–water partition coefficient (Wildman–Crippen LogP) is 2.95. The first-order valence-electron chi connectivity index (χ1n) is 5.70. The zero-order chi connectivity index (χ0) is 13.8. The monoisotopic (exact) mass is 294 g/mol. The number of hydrogen-bond acceptors (Lipinski definition) is 5. The number of nitrogens with zero attached hydrogens (tertiary/aromatic N) is 1. The molecule has 2 aromatic rings. The molecule has 0 aliphatic rings. The number of aromatic nitrogens is 1. The highest BCUT2D eigenvalue weighted by atomic mass is 32.2. The van der Waals surface area contributed by atoms with Gasteiger partial charge in [0.1, 0.15) is 0 Å². The Morgan fingerprint density at radius 1 is 1.37 bits per heavy atom. The molecule has 0 aliphatic carbocycles. The smallest absolute Gasteiger partial charge is 0.307 e. The van der Waals surface area contributed by atoms with E-state index < -0.39 is 5.97 Å². The van der Waals surface area contributed by atoms with E-state index in [1.807, 2.05) is 31.2 Å². The Kier molecular flexibility index (Phi) is 4.44. The molecular formula is C13H14N2O2S2. The third-order valence-corrected chi connectivity index (χ3v) is 4.94. The maximum absolute atomic E-state index is 10.6. The maximum atomic E-state index is 10.6. The number of carbonyl (C=O) groups is 1. The fourth-order valence-electron chi connectivity index (χ4n) is 1.61. The van der Waals surface area contributed by atoms with Gasteiger partial charge in [-0.2, -0.15) is 0 Å². The molecule has 0 amide bonds. The van der Waals surface area contributed by atoms with Crippen LogP contribution in [0.5, 0.6) is 0 Å². The first-order valence-corrected chi connectivity index (χ1v) is 7.50. The Hall–Kier alpha value is -1.53. The van der Waals surface area contributed by atoms with Gasteiger partial charge in [-0.1, -0.05) is 35.6 Å². The zero-order valence-electron chi connectivity index (χ0n) is 10.4. The highest BCUT2D eigenvalue weighted by Gasteiger charge is 2.06. The molecule has 3 N–H and O–H groups in total. The molecule has 0 aliphatic heterocycles. The van der Waals surface area contributed by atoms with Gasteiger partial charge in [-0.05, 0) is 18.1 Å². The number of anilines is 1. The summed E-state index contributed by atoms with van der Waals surface area (Å²) >= 11 is 3.20. The van der Waals surface area contributed by atoms with Crippen LogP contribution in [-0.4, -0.2) is 16.1 Å². The van der Waals surface area contributed by atoms with E-state index in [4.69, 9.17) is 10.8 Å². The quantitative estimate of drug-likeness (QED) is 0.829. The van der Waals surface area contributed by atoms with E-state index in [1.165, 1.54) is 11.3 Å². The van der Waals surface area contributed by atoms with E-state index in [2.05, 4.69) is 4.98 Å². The number of nitrogen functional groups attached to an aromatic ring is 1. The van der Waals surface area contributed by atoms with Gasteiger partial charge in [0, 0.05) is 5.75 Å². The fourth-order valence-corrected chi connectivity index (χ4v) is 3.59. The summed E-state index contributed by atoms with van der Waals surface area (Å²) < 4.78 is 1.13. The lowest BCUT2D eigenvalue weighted by molar-refractivity contribution is -0.136. The molecule has 0 fully saturated rings. The summed E-state index contributed by atoms with van der Waals surface area (Å²) in [6.07, 6.45) is 0.0674. The molecule has 1 heterocycles. The number of thioether (sulfide) groups is 1.